The predicted molar refractivity (Wildman–Crippen MR) is 146 cm³/mol. The van der Waals surface area contributed by atoms with Gasteiger partial charge in [0.05, 0.1) is 16.5 Å². The summed E-state index contributed by atoms with van der Waals surface area (Å²) < 4.78 is 20.4. The molecule has 3 heterocycles. The molecule has 190 valence electrons. The Morgan fingerprint density at radius 3 is 2.30 bits per heavy atom. The highest BCUT2D eigenvalue weighted by atomic mass is 127. The van der Waals surface area contributed by atoms with Crippen molar-refractivity contribution in [3.8, 4) is 0 Å². The van der Waals surface area contributed by atoms with E-state index in [1.54, 1.807) is 24.3 Å². The Balaban J connectivity index is 1.38. The van der Waals surface area contributed by atoms with Crippen LogP contribution >= 0.6 is 34.2 Å². The van der Waals surface area contributed by atoms with Gasteiger partial charge in [-0.1, -0.05) is 47.0 Å². The molecule has 1 aliphatic rings. The van der Waals surface area contributed by atoms with Gasteiger partial charge in [-0.2, -0.15) is 0 Å². The van der Waals surface area contributed by atoms with Gasteiger partial charge in [-0.3, -0.25) is 0 Å². The molecule has 0 bridgehead atoms. The van der Waals surface area contributed by atoms with Crippen molar-refractivity contribution in [2.45, 2.75) is 38.7 Å². The normalized spacial score (nSPS) is 19.2. The third-order valence-corrected chi connectivity index (χ3v) is 7.32. The maximum atomic E-state index is 12.9. The minimum Gasteiger partial charge on any atom is -0.459 e. The van der Waals surface area contributed by atoms with Gasteiger partial charge >= 0.3 is 11.9 Å². The number of hydrogen-bond acceptors (Lipinski definition) is 7. The number of nitrogens with zero attached hydrogens (tertiary/aromatic N) is 3. The third-order valence-electron chi connectivity index (χ3n) is 6.22. The van der Waals surface area contributed by atoms with Gasteiger partial charge in [0, 0.05) is 16.2 Å². The van der Waals surface area contributed by atoms with Crippen LogP contribution in [0, 0.1) is 17.4 Å². The second-order valence-electron chi connectivity index (χ2n) is 8.89. The second-order valence-corrected chi connectivity index (χ2v) is 10.4. The van der Waals surface area contributed by atoms with E-state index in [1.807, 2.05) is 48.9 Å². The van der Waals surface area contributed by atoms with E-state index in [1.165, 1.54) is 6.33 Å². The van der Waals surface area contributed by atoms with Crippen LogP contribution in [0.15, 0.2) is 61.1 Å². The summed E-state index contributed by atoms with van der Waals surface area (Å²) >= 11 is 8.47. The summed E-state index contributed by atoms with van der Waals surface area (Å²) in [5.74, 6) is -0.947. The zero-order chi connectivity index (χ0) is 26.1. The number of rotatable bonds is 6. The summed E-state index contributed by atoms with van der Waals surface area (Å²) in [7, 11) is 0. The minimum absolute atomic E-state index is 0.0823. The van der Waals surface area contributed by atoms with Crippen LogP contribution in [0.1, 0.15) is 44.5 Å². The molecule has 1 fully saturated rings. The third kappa shape index (κ3) is 5.48. The Kier molecular flexibility index (Phi) is 7.45. The topological polar surface area (TPSA) is 92.5 Å². The fourth-order valence-corrected chi connectivity index (χ4v) is 5.38. The second kappa shape index (κ2) is 10.8. The molecule has 2 aromatic heterocycles. The number of esters is 2. The van der Waals surface area contributed by atoms with E-state index < -0.39 is 30.4 Å². The molecule has 1 saturated heterocycles. The molecule has 0 saturated carbocycles. The number of ether oxygens (including phenoxy) is 3. The molecule has 4 aromatic rings. The van der Waals surface area contributed by atoms with E-state index in [2.05, 4.69) is 32.6 Å². The molecule has 0 spiro atoms. The molecule has 0 aliphatic carbocycles. The first-order valence-corrected chi connectivity index (χ1v) is 13.1. The summed E-state index contributed by atoms with van der Waals surface area (Å²) in [6.45, 7) is 3.81. The van der Waals surface area contributed by atoms with Crippen LogP contribution in [0.5, 0.6) is 0 Å². The molecule has 37 heavy (non-hydrogen) atoms. The average Bonchev–Trinajstić information content (AvgIpc) is 3.44. The number of aryl methyl sites for hydroxylation is 2. The first-order valence-electron chi connectivity index (χ1n) is 11.6. The maximum Gasteiger partial charge on any atom is 0.338 e. The van der Waals surface area contributed by atoms with Gasteiger partial charge in [0.15, 0.2) is 0 Å². The molecule has 8 nitrogen and oxygen atoms in total. The van der Waals surface area contributed by atoms with Crippen LogP contribution in [0.4, 0.5) is 0 Å². The number of carbonyl (C=O) groups excluding carboxylic acids is 2. The highest BCUT2D eigenvalue weighted by molar-refractivity contribution is 14.1. The van der Waals surface area contributed by atoms with Crippen LogP contribution in [0.2, 0.25) is 5.15 Å². The van der Waals surface area contributed by atoms with Crippen LogP contribution in [0.25, 0.3) is 11.0 Å². The van der Waals surface area contributed by atoms with Gasteiger partial charge in [0.2, 0.25) is 0 Å². The first kappa shape index (κ1) is 25.6. The van der Waals surface area contributed by atoms with Crippen molar-refractivity contribution >= 4 is 57.2 Å². The van der Waals surface area contributed by atoms with Gasteiger partial charge < -0.3 is 18.8 Å². The lowest BCUT2D eigenvalue weighted by Crippen LogP contribution is -2.32. The van der Waals surface area contributed by atoms with E-state index in [9.17, 15) is 9.59 Å². The van der Waals surface area contributed by atoms with Crippen molar-refractivity contribution in [2.24, 2.45) is 0 Å². The van der Waals surface area contributed by atoms with Crippen molar-refractivity contribution in [1.29, 1.82) is 0 Å². The van der Waals surface area contributed by atoms with Gasteiger partial charge in [-0.25, -0.2) is 19.6 Å². The predicted octanol–water partition coefficient (Wildman–Crippen LogP) is 5.68. The molecular weight excluding hydrogens is 609 g/mol. The van der Waals surface area contributed by atoms with Crippen molar-refractivity contribution in [3.63, 3.8) is 0 Å². The maximum absolute atomic E-state index is 12.9. The van der Waals surface area contributed by atoms with Crippen molar-refractivity contribution in [2.75, 3.05) is 6.61 Å². The van der Waals surface area contributed by atoms with Gasteiger partial charge in [0.1, 0.15) is 42.2 Å². The summed E-state index contributed by atoms with van der Waals surface area (Å²) in [6, 6.07) is 14.2. The van der Waals surface area contributed by atoms with Crippen LogP contribution in [-0.4, -0.2) is 45.3 Å². The highest BCUT2D eigenvalue weighted by Crippen LogP contribution is 2.36. The number of benzene rings is 2. The van der Waals surface area contributed by atoms with Crippen LogP contribution in [-0.2, 0) is 14.2 Å². The van der Waals surface area contributed by atoms with E-state index in [-0.39, 0.29) is 6.61 Å². The Hall–Kier alpha value is -3.02. The number of halogens is 2. The number of fused-ring (bicyclic) bond motifs is 1. The monoisotopic (exact) mass is 631 g/mol. The smallest absolute Gasteiger partial charge is 0.338 e. The molecular formula is C27H23ClIN3O5. The lowest BCUT2D eigenvalue weighted by atomic mass is 10.1. The molecule has 0 radical (unpaired) electrons. The standard InChI is InChI=1S/C27H23ClIN3O5/c1-15-3-7-17(8-4-15)26(33)35-13-21-20(37-27(34)18-9-5-16(2)6-10-18)11-22(36-21)32-12-19(29)23-24(28)30-14-31-25(23)32/h3-10,12,14,20-22H,11,13H2,1-2H3/t20-,21+,22-/m0/s1. The van der Waals surface area contributed by atoms with Crippen molar-refractivity contribution in [1.82, 2.24) is 14.5 Å². The molecule has 0 N–H and O–H groups in total. The lowest BCUT2D eigenvalue weighted by Gasteiger charge is -2.19. The van der Waals surface area contributed by atoms with Gasteiger partial charge in [0.25, 0.3) is 0 Å². The molecule has 2 aromatic carbocycles. The summed E-state index contributed by atoms with van der Waals surface area (Å²) in [5, 5.41) is 1.06. The van der Waals surface area contributed by atoms with E-state index in [0.29, 0.717) is 28.3 Å². The molecule has 10 heteroatoms. The summed E-state index contributed by atoms with van der Waals surface area (Å²) in [5.41, 5.74) is 3.56. The minimum atomic E-state index is -0.679. The Bertz CT molecular complexity index is 1460. The largest absolute Gasteiger partial charge is 0.459 e. The van der Waals surface area contributed by atoms with Crippen LogP contribution < -0.4 is 0 Å². The summed E-state index contributed by atoms with van der Waals surface area (Å²) in [6.07, 6.45) is 1.75. The average molecular weight is 632 g/mol. The van der Waals surface area contributed by atoms with Gasteiger partial charge in [-0.05, 0) is 60.7 Å². The molecule has 0 amide bonds. The van der Waals surface area contributed by atoms with Crippen molar-refractivity contribution in [3.05, 3.63) is 92.0 Å². The fourth-order valence-electron chi connectivity index (χ4n) is 4.20. The zero-order valence-corrected chi connectivity index (χ0v) is 23.0. The molecule has 1 aliphatic heterocycles. The SMILES string of the molecule is Cc1ccc(C(=O)OC[C@H]2O[C@H](n3cc(I)c4c(Cl)ncnc43)C[C@@H]2OC(=O)c2ccc(C)cc2)cc1. The Labute approximate surface area is 232 Å². The fraction of sp³-hybridized carbons (Fsp3) is 0.259. The molecule has 3 atom stereocenters. The molecule has 5 rings (SSSR count). The highest BCUT2D eigenvalue weighted by Gasteiger charge is 2.40. The number of carbonyl (C=O) groups is 2. The van der Waals surface area contributed by atoms with E-state index in [4.69, 9.17) is 25.8 Å². The Morgan fingerprint density at radius 1 is 1.03 bits per heavy atom. The number of aromatic nitrogens is 3. The zero-order valence-electron chi connectivity index (χ0n) is 20.1. The lowest BCUT2D eigenvalue weighted by molar-refractivity contribution is -0.0562. The van der Waals surface area contributed by atoms with Crippen molar-refractivity contribution < 1.29 is 23.8 Å². The van der Waals surface area contributed by atoms with E-state index >= 15 is 0 Å². The molecule has 0 unspecified atom stereocenters. The number of hydrogen-bond donors (Lipinski definition) is 0. The summed E-state index contributed by atoms with van der Waals surface area (Å²) in [4.78, 5) is 34.0. The quantitative estimate of drug-likeness (QED) is 0.154. The Morgan fingerprint density at radius 2 is 1.65 bits per heavy atom. The van der Waals surface area contributed by atoms with Gasteiger partial charge in [-0.15, -0.1) is 0 Å². The van der Waals surface area contributed by atoms with Crippen LogP contribution in [0.3, 0.4) is 0 Å². The first-order chi connectivity index (χ1) is 17.8. The van der Waals surface area contributed by atoms with E-state index in [0.717, 1.165) is 20.1 Å².